The van der Waals surface area contributed by atoms with Crippen molar-refractivity contribution in [1.29, 1.82) is 0 Å². The van der Waals surface area contributed by atoms with Gasteiger partial charge in [0.1, 0.15) is 0 Å². The van der Waals surface area contributed by atoms with Crippen LogP contribution in [0.5, 0.6) is 0 Å². The van der Waals surface area contributed by atoms with Crippen LogP contribution in [-0.2, 0) is 11.3 Å². The van der Waals surface area contributed by atoms with E-state index in [-0.39, 0.29) is 11.6 Å². The third-order valence-corrected chi connectivity index (χ3v) is 4.49. The van der Waals surface area contributed by atoms with Crippen LogP contribution in [0.3, 0.4) is 0 Å². The van der Waals surface area contributed by atoms with Crippen molar-refractivity contribution in [3.05, 3.63) is 34.9 Å². The van der Waals surface area contributed by atoms with Gasteiger partial charge < -0.3 is 10.2 Å². The highest BCUT2D eigenvalue weighted by atomic mass is 16.2. The maximum atomic E-state index is 12.3. The van der Waals surface area contributed by atoms with E-state index in [0.29, 0.717) is 24.5 Å². The average Bonchev–Trinajstić information content (AvgIpc) is 2.90. The minimum absolute atomic E-state index is 0.108. The molecule has 23 heavy (non-hydrogen) atoms. The number of likely N-dealkylation sites (tertiary alicyclic amines) is 1. The van der Waals surface area contributed by atoms with Gasteiger partial charge in [0, 0.05) is 25.7 Å². The van der Waals surface area contributed by atoms with Crippen molar-refractivity contribution in [1.82, 2.24) is 24.4 Å². The molecule has 1 N–H and O–H groups in total. The lowest BCUT2D eigenvalue weighted by molar-refractivity contribution is -0.132. The Hall–Kier alpha value is -2.15. The van der Waals surface area contributed by atoms with Gasteiger partial charge in [-0.25, -0.2) is 9.48 Å². The number of piperidine rings is 1. The molecule has 0 unspecified atom stereocenters. The van der Waals surface area contributed by atoms with E-state index < -0.39 is 0 Å². The van der Waals surface area contributed by atoms with E-state index in [1.165, 1.54) is 9.08 Å². The first-order valence-electron chi connectivity index (χ1n) is 8.15. The number of amides is 1. The summed E-state index contributed by atoms with van der Waals surface area (Å²) in [4.78, 5) is 26.4. The molecule has 2 aromatic rings. The van der Waals surface area contributed by atoms with Gasteiger partial charge >= 0.3 is 5.69 Å². The fourth-order valence-corrected chi connectivity index (χ4v) is 3.15. The second-order valence-corrected chi connectivity index (χ2v) is 6.07. The Morgan fingerprint density at radius 1 is 1.35 bits per heavy atom. The molecule has 0 aliphatic carbocycles. The lowest BCUT2D eigenvalue weighted by atomic mass is 9.96. The van der Waals surface area contributed by atoms with Crippen LogP contribution >= 0.6 is 0 Å². The molecule has 3 heterocycles. The lowest BCUT2D eigenvalue weighted by Gasteiger charge is -2.32. The topological polar surface area (TPSA) is 71.6 Å². The van der Waals surface area contributed by atoms with E-state index in [9.17, 15) is 9.59 Å². The third-order valence-electron chi connectivity index (χ3n) is 4.49. The highest BCUT2D eigenvalue weighted by molar-refractivity contribution is 5.76. The molecule has 3 rings (SSSR count). The summed E-state index contributed by atoms with van der Waals surface area (Å²) < 4.78 is 2.87. The molecule has 2 aromatic heterocycles. The van der Waals surface area contributed by atoms with Crippen LogP contribution in [0.1, 0.15) is 19.3 Å². The van der Waals surface area contributed by atoms with Crippen LogP contribution in [0.25, 0.3) is 5.65 Å². The Bertz CT molecular complexity index is 727. The minimum Gasteiger partial charge on any atom is -0.343 e. The Kier molecular flexibility index (Phi) is 4.76. The summed E-state index contributed by atoms with van der Waals surface area (Å²) in [7, 11) is 1.96. The SMILES string of the molecule is CNCC1CCN(C(=O)CCn2nc3ccccn3c2=O)CC1. The smallest absolute Gasteiger partial charge is 0.343 e. The first kappa shape index (κ1) is 15.7. The van der Waals surface area contributed by atoms with Crippen LogP contribution in [0, 0.1) is 5.92 Å². The highest BCUT2D eigenvalue weighted by Crippen LogP contribution is 2.17. The molecule has 1 amide bonds. The Morgan fingerprint density at radius 3 is 2.83 bits per heavy atom. The lowest BCUT2D eigenvalue weighted by Crippen LogP contribution is -2.41. The number of pyridine rings is 1. The van der Waals surface area contributed by atoms with Gasteiger partial charge in [-0.3, -0.25) is 9.20 Å². The zero-order valence-electron chi connectivity index (χ0n) is 13.4. The summed E-state index contributed by atoms with van der Waals surface area (Å²) in [6.07, 6.45) is 4.10. The van der Waals surface area contributed by atoms with Crippen molar-refractivity contribution in [2.75, 3.05) is 26.7 Å². The van der Waals surface area contributed by atoms with E-state index in [0.717, 1.165) is 32.5 Å². The normalized spacial score (nSPS) is 16.1. The molecule has 0 bridgehead atoms. The summed E-state index contributed by atoms with van der Waals surface area (Å²) in [6.45, 7) is 2.96. The molecule has 0 spiro atoms. The van der Waals surface area contributed by atoms with Crippen LogP contribution in [0.15, 0.2) is 29.2 Å². The fraction of sp³-hybridized carbons (Fsp3) is 0.562. The second-order valence-electron chi connectivity index (χ2n) is 6.07. The number of nitrogens with zero attached hydrogens (tertiary/aromatic N) is 4. The summed E-state index contributed by atoms with van der Waals surface area (Å²) in [5.74, 6) is 0.766. The highest BCUT2D eigenvalue weighted by Gasteiger charge is 2.22. The van der Waals surface area contributed by atoms with Crippen molar-refractivity contribution in [3.63, 3.8) is 0 Å². The molecule has 124 valence electrons. The van der Waals surface area contributed by atoms with Crippen molar-refractivity contribution in [3.8, 4) is 0 Å². The Morgan fingerprint density at radius 2 is 2.13 bits per heavy atom. The van der Waals surface area contributed by atoms with Gasteiger partial charge in [-0.05, 0) is 44.5 Å². The summed E-state index contributed by atoms with van der Waals surface area (Å²) in [5.41, 5.74) is 0.416. The maximum Gasteiger partial charge on any atom is 0.350 e. The first-order chi connectivity index (χ1) is 11.2. The molecule has 7 heteroatoms. The molecule has 0 aromatic carbocycles. The summed E-state index contributed by atoms with van der Waals surface area (Å²) in [6, 6.07) is 5.42. The number of hydrogen-bond donors (Lipinski definition) is 1. The quantitative estimate of drug-likeness (QED) is 0.863. The van der Waals surface area contributed by atoms with Crippen LogP contribution in [-0.4, -0.2) is 51.7 Å². The number of carbonyl (C=O) groups excluding carboxylic acids is 1. The Balaban J connectivity index is 1.56. The zero-order chi connectivity index (χ0) is 16.2. The van der Waals surface area contributed by atoms with Gasteiger partial charge in [0.25, 0.3) is 0 Å². The third kappa shape index (κ3) is 3.44. The van der Waals surface area contributed by atoms with Gasteiger partial charge in [-0.15, -0.1) is 5.10 Å². The van der Waals surface area contributed by atoms with Crippen molar-refractivity contribution in [2.45, 2.75) is 25.8 Å². The monoisotopic (exact) mass is 317 g/mol. The van der Waals surface area contributed by atoms with Gasteiger partial charge in [0.05, 0.1) is 6.54 Å². The number of aromatic nitrogens is 3. The van der Waals surface area contributed by atoms with Gasteiger partial charge in [0.15, 0.2) is 5.65 Å². The molecule has 1 fully saturated rings. The van der Waals surface area contributed by atoms with E-state index in [1.54, 1.807) is 18.3 Å². The zero-order valence-corrected chi connectivity index (χ0v) is 13.4. The Labute approximate surface area is 134 Å². The molecule has 0 radical (unpaired) electrons. The van der Waals surface area contributed by atoms with Crippen LogP contribution in [0.4, 0.5) is 0 Å². The molecule has 0 atom stereocenters. The summed E-state index contributed by atoms with van der Waals surface area (Å²) >= 11 is 0. The number of hydrogen-bond acceptors (Lipinski definition) is 4. The number of fused-ring (bicyclic) bond motifs is 1. The maximum absolute atomic E-state index is 12.3. The number of rotatable bonds is 5. The van der Waals surface area contributed by atoms with Crippen LogP contribution < -0.4 is 11.0 Å². The van der Waals surface area contributed by atoms with E-state index in [1.807, 2.05) is 18.0 Å². The number of nitrogens with one attached hydrogen (secondary N) is 1. The van der Waals surface area contributed by atoms with Crippen LogP contribution in [0.2, 0.25) is 0 Å². The predicted octanol–water partition coefficient (Wildman–Crippen LogP) is 0.344. The molecule has 7 nitrogen and oxygen atoms in total. The molecule has 1 saturated heterocycles. The van der Waals surface area contributed by atoms with Gasteiger partial charge in [-0.1, -0.05) is 6.07 Å². The largest absolute Gasteiger partial charge is 0.350 e. The first-order valence-corrected chi connectivity index (χ1v) is 8.15. The average molecular weight is 317 g/mol. The fourth-order valence-electron chi connectivity index (χ4n) is 3.15. The molecule has 1 aliphatic heterocycles. The van der Waals surface area contributed by atoms with E-state index in [4.69, 9.17) is 0 Å². The molecule has 1 aliphatic rings. The minimum atomic E-state index is -0.193. The predicted molar refractivity (Wildman–Crippen MR) is 87.3 cm³/mol. The van der Waals surface area contributed by atoms with Crippen molar-refractivity contribution in [2.24, 2.45) is 5.92 Å². The molecular formula is C16H23N5O2. The van der Waals surface area contributed by atoms with Gasteiger partial charge in [0.2, 0.25) is 5.91 Å². The van der Waals surface area contributed by atoms with Crippen molar-refractivity contribution >= 4 is 11.6 Å². The molecule has 0 saturated carbocycles. The number of aryl methyl sites for hydroxylation is 1. The van der Waals surface area contributed by atoms with E-state index >= 15 is 0 Å². The standard InChI is InChI=1S/C16H23N5O2/c1-17-12-13-5-9-19(10-6-13)15(22)7-11-21-16(23)20-8-3-2-4-14(20)18-21/h2-4,8,13,17H,5-7,9-12H2,1H3. The number of carbonyl (C=O) groups is 1. The summed E-state index contributed by atoms with van der Waals surface area (Å²) in [5, 5.41) is 7.45. The van der Waals surface area contributed by atoms with Crippen molar-refractivity contribution < 1.29 is 4.79 Å². The van der Waals surface area contributed by atoms with Gasteiger partial charge in [-0.2, -0.15) is 0 Å². The van der Waals surface area contributed by atoms with E-state index in [2.05, 4.69) is 10.4 Å². The second kappa shape index (κ2) is 6.95. The molecular weight excluding hydrogens is 294 g/mol.